The summed E-state index contributed by atoms with van der Waals surface area (Å²) in [6.45, 7) is 0. The lowest BCUT2D eigenvalue weighted by molar-refractivity contribution is 0.670. The Morgan fingerprint density at radius 1 is 0.344 bits per heavy atom. The zero-order chi connectivity index (χ0) is 40.1. The van der Waals surface area contributed by atoms with Crippen LogP contribution in [0.25, 0.3) is 77.2 Å². The van der Waals surface area contributed by atoms with Crippen molar-refractivity contribution < 1.29 is 4.42 Å². The van der Waals surface area contributed by atoms with Gasteiger partial charge in [-0.15, -0.1) is 0 Å². The van der Waals surface area contributed by atoms with E-state index in [2.05, 4.69) is 229 Å². The molecule has 1 aromatic heterocycles. The van der Waals surface area contributed by atoms with Crippen molar-refractivity contribution in [3.05, 3.63) is 247 Å². The SMILES string of the molecule is c1ccc(-c2ccc(N(c3ccc(-c4cccc5ccccc45)cc3)c3cccc4c3-c3ccccc3C43c4ccccc4-c4ccccc43)c3c2oc2ccccc23)cc1. The molecule has 0 fully saturated rings. The summed E-state index contributed by atoms with van der Waals surface area (Å²) >= 11 is 0. The minimum absolute atomic E-state index is 0.464. The zero-order valence-corrected chi connectivity index (χ0v) is 33.2. The van der Waals surface area contributed by atoms with Crippen LogP contribution in [0.4, 0.5) is 17.1 Å². The molecule has 0 saturated carbocycles. The average molecular weight is 776 g/mol. The van der Waals surface area contributed by atoms with E-state index >= 15 is 0 Å². The second-order valence-electron chi connectivity index (χ2n) is 16.3. The number of benzene rings is 10. The fourth-order valence-electron chi connectivity index (χ4n) is 10.8. The summed E-state index contributed by atoms with van der Waals surface area (Å²) in [5, 5.41) is 4.66. The van der Waals surface area contributed by atoms with E-state index in [0.29, 0.717) is 0 Å². The van der Waals surface area contributed by atoms with Gasteiger partial charge in [0.2, 0.25) is 0 Å². The topological polar surface area (TPSA) is 16.4 Å². The molecule has 2 aliphatic carbocycles. The molecule has 0 saturated heterocycles. The van der Waals surface area contributed by atoms with Crippen molar-refractivity contribution in [1.82, 2.24) is 0 Å². The normalized spacial score (nSPS) is 13.0. The third kappa shape index (κ3) is 4.73. The van der Waals surface area contributed by atoms with Gasteiger partial charge in [0.05, 0.1) is 22.2 Å². The first-order chi connectivity index (χ1) is 30.3. The van der Waals surface area contributed by atoms with Gasteiger partial charge in [-0.05, 0) is 103 Å². The summed E-state index contributed by atoms with van der Waals surface area (Å²) in [7, 11) is 0. The monoisotopic (exact) mass is 775 g/mol. The predicted octanol–water partition coefficient (Wildman–Crippen LogP) is 15.9. The third-order valence-electron chi connectivity index (χ3n) is 13.3. The van der Waals surface area contributed by atoms with Crippen LogP contribution < -0.4 is 4.90 Å². The number of hydrogen-bond donors (Lipinski definition) is 0. The molecule has 2 nitrogen and oxygen atoms in total. The molecular weight excluding hydrogens is 739 g/mol. The van der Waals surface area contributed by atoms with Crippen LogP contribution in [0, 0.1) is 0 Å². The Balaban J connectivity index is 1.12. The number of rotatable bonds is 5. The van der Waals surface area contributed by atoms with Gasteiger partial charge in [-0.25, -0.2) is 0 Å². The number of furan rings is 1. The van der Waals surface area contributed by atoms with Crippen LogP contribution in [0.5, 0.6) is 0 Å². The lowest BCUT2D eigenvalue weighted by atomic mass is 9.70. The quantitative estimate of drug-likeness (QED) is 0.173. The van der Waals surface area contributed by atoms with E-state index in [1.807, 2.05) is 0 Å². The summed E-state index contributed by atoms with van der Waals surface area (Å²) in [6.07, 6.45) is 0. The minimum atomic E-state index is -0.464. The molecule has 0 atom stereocenters. The first-order valence-corrected chi connectivity index (χ1v) is 21.1. The van der Waals surface area contributed by atoms with Crippen molar-refractivity contribution in [3.8, 4) is 44.5 Å². The Kier molecular flexibility index (Phi) is 7.26. The van der Waals surface area contributed by atoms with Gasteiger partial charge >= 0.3 is 0 Å². The fraction of sp³-hybridized carbons (Fsp3) is 0.0169. The molecule has 1 heterocycles. The molecule has 13 rings (SSSR count). The number of fused-ring (bicyclic) bond motifs is 14. The summed E-state index contributed by atoms with van der Waals surface area (Å²) in [5.74, 6) is 0. The van der Waals surface area contributed by atoms with E-state index < -0.39 is 5.41 Å². The van der Waals surface area contributed by atoms with Crippen LogP contribution in [0.15, 0.2) is 229 Å². The van der Waals surface area contributed by atoms with Gasteiger partial charge in [0.15, 0.2) is 0 Å². The Bertz CT molecular complexity index is 3490. The first-order valence-electron chi connectivity index (χ1n) is 21.1. The maximum atomic E-state index is 6.89. The van der Waals surface area contributed by atoms with E-state index in [1.54, 1.807) is 0 Å². The molecule has 2 heteroatoms. The van der Waals surface area contributed by atoms with Crippen LogP contribution in [0.2, 0.25) is 0 Å². The summed E-state index contributed by atoms with van der Waals surface area (Å²) in [4.78, 5) is 2.49. The molecular formula is C59H37NO. The van der Waals surface area contributed by atoms with E-state index in [4.69, 9.17) is 4.42 Å². The Morgan fingerprint density at radius 3 is 1.67 bits per heavy atom. The summed E-state index contributed by atoms with van der Waals surface area (Å²) < 4.78 is 6.89. The van der Waals surface area contributed by atoms with Crippen molar-refractivity contribution in [2.45, 2.75) is 5.41 Å². The second-order valence-corrected chi connectivity index (χ2v) is 16.3. The highest BCUT2D eigenvalue weighted by Gasteiger charge is 2.52. The average Bonchev–Trinajstić information content (AvgIpc) is 3.97. The minimum Gasteiger partial charge on any atom is -0.455 e. The third-order valence-corrected chi connectivity index (χ3v) is 13.3. The molecule has 0 radical (unpaired) electrons. The number of para-hydroxylation sites is 1. The van der Waals surface area contributed by atoms with E-state index in [9.17, 15) is 0 Å². The van der Waals surface area contributed by atoms with Crippen molar-refractivity contribution >= 4 is 49.8 Å². The molecule has 2 aliphatic rings. The van der Waals surface area contributed by atoms with E-state index in [1.165, 1.54) is 66.4 Å². The highest BCUT2D eigenvalue weighted by atomic mass is 16.3. The smallest absolute Gasteiger partial charge is 0.145 e. The Hall–Kier alpha value is -7.94. The molecule has 0 aliphatic heterocycles. The summed E-state index contributed by atoms with van der Waals surface area (Å²) in [5.41, 5.74) is 19.5. The van der Waals surface area contributed by atoms with Gasteiger partial charge in [-0.2, -0.15) is 0 Å². The lowest BCUT2D eigenvalue weighted by Gasteiger charge is -2.32. The van der Waals surface area contributed by atoms with Gasteiger partial charge in [-0.1, -0.05) is 188 Å². The van der Waals surface area contributed by atoms with Crippen LogP contribution in [0.3, 0.4) is 0 Å². The number of hydrogen-bond acceptors (Lipinski definition) is 2. The second kappa shape index (κ2) is 13.0. The van der Waals surface area contributed by atoms with E-state index in [-0.39, 0.29) is 0 Å². The largest absolute Gasteiger partial charge is 0.455 e. The molecule has 61 heavy (non-hydrogen) atoms. The fourth-order valence-corrected chi connectivity index (χ4v) is 10.8. The maximum Gasteiger partial charge on any atom is 0.145 e. The lowest BCUT2D eigenvalue weighted by Crippen LogP contribution is -2.26. The predicted molar refractivity (Wildman–Crippen MR) is 253 cm³/mol. The molecule has 0 unspecified atom stereocenters. The standard InChI is InChI=1S/C59H37NO/c1-2-16-39(17-3-1)44-36-37-54(57-48-24-9-13-31-55(48)61-58(44)57)60(41-34-32-40(33-35-41)43-25-14-19-38-18-4-5-20-42(38)43)53-30-15-29-52-56(53)47-23-8-12-28-51(47)59(52)49-26-10-6-21-45(49)46-22-7-11-27-50(46)59/h1-37H. The zero-order valence-electron chi connectivity index (χ0n) is 33.2. The molecule has 284 valence electrons. The van der Waals surface area contributed by atoms with Gasteiger partial charge in [0.1, 0.15) is 11.2 Å². The molecule has 0 bridgehead atoms. The van der Waals surface area contributed by atoms with Gasteiger partial charge in [0, 0.05) is 22.2 Å². The van der Waals surface area contributed by atoms with Gasteiger partial charge in [0.25, 0.3) is 0 Å². The molecule has 0 amide bonds. The van der Waals surface area contributed by atoms with Gasteiger partial charge < -0.3 is 9.32 Å². The van der Waals surface area contributed by atoms with Crippen molar-refractivity contribution in [3.63, 3.8) is 0 Å². The maximum absolute atomic E-state index is 6.89. The highest BCUT2D eigenvalue weighted by molar-refractivity contribution is 6.18. The molecule has 1 spiro atoms. The Labute approximate surface area is 354 Å². The molecule has 10 aromatic carbocycles. The molecule has 0 N–H and O–H groups in total. The van der Waals surface area contributed by atoms with Gasteiger partial charge in [-0.3, -0.25) is 0 Å². The molecule has 11 aromatic rings. The Morgan fingerprint density at radius 2 is 0.902 bits per heavy atom. The van der Waals surface area contributed by atoms with Crippen molar-refractivity contribution in [1.29, 1.82) is 0 Å². The van der Waals surface area contributed by atoms with Crippen molar-refractivity contribution in [2.24, 2.45) is 0 Å². The van der Waals surface area contributed by atoms with Crippen LogP contribution in [0.1, 0.15) is 22.3 Å². The van der Waals surface area contributed by atoms with Crippen molar-refractivity contribution in [2.75, 3.05) is 4.90 Å². The van der Waals surface area contributed by atoms with E-state index in [0.717, 1.165) is 50.1 Å². The van der Waals surface area contributed by atoms with Crippen LogP contribution >= 0.6 is 0 Å². The van der Waals surface area contributed by atoms with Crippen LogP contribution in [-0.4, -0.2) is 0 Å². The van der Waals surface area contributed by atoms with Crippen LogP contribution in [-0.2, 0) is 5.41 Å². The number of anilines is 3. The highest BCUT2D eigenvalue weighted by Crippen LogP contribution is 2.65. The summed E-state index contributed by atoms with van der Waals surface area (Å²) in [6, 6.07) is 82.2. The number of nitrogens with zero attached hydrogens (tertiary/aromatic N) is 1. The first kappa shape index (κ1) is 34.0.